The highest BCUT2D eigenvalue weighted by Gasteiger charge is 2.25. The zero-order valence-electron chi connectivity index (χ0n) is 9.15. The first-order chi connectivity index (χ1) is 7.06. The van der Waals surface area contributed by atoms with Crippen molar-refractivity contribution in [3.05, 3.63) is 12.5 Å². The molecule has 1 atom stereocenters. The average molecular weight is 225 g/mol. The highest BCUT2D eigenvalue weighted by atomic mass is 32.2. The van der Waals surface area contributed by atoms with E-state index in [9.17, 15) is 0 Å². The minimum absolute atomic E-state index is 0.278. The first-order valence-corrected chi connectivity index (χ1v) is 5.75. The minimum atomic E-state index is -0.548. The lowest BCUT2D eigenvalue weighted by Crippen LogP contribution is -2.47. The van der Waals surface area contributed by atoms with E-state index in [0.717, 1.165) is 0 Å². The third-order valence-electron chi connectivity index (χ3n) is 1.75. The Bertz CT molecular complexity index is 331. The van der Waals surface area contributed by atoms with Crippen LogP contribution in [0.15, 0.2) is 22.1 Å². The summed E-state index contributed by atoms with van der Waals surface area (Å²) in [5.41, 5.74) is -0.548. The summed E-state index contributed by atoms with van der Waals surface area (Å²) in [4.78, 5) is 3.99. The maximum Gasteiger partial charge on any atom is 0.255 e. The lowest BCUT2D eigenvalue weighted by molar-refractivity contribution is 0.434. The van der Waals surface area contributed by atoms with Gasteiger partial charge in [-0.3, -0.25) is 5.32 Å². The van der Waals surface area contributed by atoms with Crippen molar-refractivity contribution in [2.75, 3.05) is 5.75 Å². The number of oxazole rings is 1. The van der Waals surface area contributed by atoms with Crippen molar-refractivity contribution in [1.29, 1.82) is 5.26 Å². The molecule has 15 heavy (non-hydrogen) atoms. The number of aromatic nitrogens is 1. The van der Waals surface area contributed by atoms with Crippen LogP contribution in [0.5, 0.6) is 0 Å². The van der Waals surface area contributed by atoms with E-state index < -0.39 is 5.54 Å². The van der Waals surface area contributed by atoms with Crippen LogP contribution >= 0.6 is 11.8 Å². The van der Waals surface area contributed by atoms with Gasteiger partial charge in [-0.1, -0.05) is 11.8 Å². The maximum atomic E-state index is 9.09. The zero-order valence-corrected chi connectivity index (χ0v) is 9.97. The van der Waals surface area contributed by atoms with Crippen molar-refractivity contribution in [2.24, 2.45) is 0 Å². The fourth-order valence-corrected chi connectivity index (χ4v) is 2.05. The summed E-state index contributed by atoms with van der Waals surface area (Å²) in [5, 5.41) is 12.9. The first-order valence-electron chi connectivity index (χ1n) is 4.77. The van der Waals surface area contributed by atoms with Gasteiger partial charge in [0.05, 0.1) is 12.3 Å². The van der Waals surface area contributed by atoms with E-state index in [1.807, 2.05) is 20.8 Å². The summed E-state index contributed by atoms with van der Waals surface area (Å²) in [7, 11) is 0. The van der Waals surface area contributed by atoms with Gasteiger partial charge in [0.2, 0.25) is 0 Å². The van der Waals surface area contributed by atoms with Crippen LogP contribution in [0.25, 0.3) is 0 Å². The van der Waals surface area contributed by atoms with Gasteiger partial charge in [-0.15, -0.1) is 0 Å². The van der Waals surface area contributed by atoms with E-state index in [0.29, 0.717) is 11.0 Å². The molecule has 0 aliphatic carbocycles. The molecule has 0 saturated carbocycles. The molecule has 0 bridgehead atoms. The topological polar surface area (TPSA) is 61.9 Å². The predicted octanol–water partition coefficient (Wildman–Crippen LogP) is 2.05. The minimum Gasteiger partial charge on any atom is -0.440 e. The third-order valence-corrected chi connectivity index (χ3v) is 2.92. The number of nitrogens with zero attached hydrogens (tertiary/aromatic N) is 2. The second kappa shape index (κ2) is 5.19. The van der Waals surface area contributed by atoms with Gasteiger partial charge in [-0.05, 0) is 20.8 Å². The van der Waals surface area contributed by atoms with Crippen molar-refractivity contribution in [3.8, 4) is 6.07 Å². The normalized spacial score (nSPS) is 14.9. The van der Waals surface area contributed by atoms with Gasteiger partial charge < -0.3 is 4.42 Å². The standard InChI is InChI=1S/C10H15N3OS/c1-8(2)13-10(3,6-11)7-15-9-12-4-5-14-9/h4-5,8,13H,7H2,1-3H3. The van der Waals surface area contributed by atoms with Crippen molar-refractivity contribution < 1.29 is 4.42 Å². The van der Waals surface area contributed by atoms with Gasteiger partial charge in [0.15, 0.2) is 0 Å². The molecule has 0 saturated heterocycles. The van der Waals surface area contributed by atoms with E-state index in [2.05, 4.69) is 16.4 Å². The average Bonchev–Trinajstić information content (AvgIpc) is 2.66. The summed E-state index contributed by atoms with van der Waals surface area (Å²) >= 11 is 1.44. The number of rotatable bonds is 5. The quantitative estimate of drug-likeness (QED) is 0.777. The van der Waals surface area contributed by atoms with Crippen molar-refractivity contribution >= 4 is 11.8 Å². The molecule has 0 aliphatic rings. The lowest BCUT2D eigenvalue weighted by atomic mass is 10.1. The fourth-order valence-electron chi connectivity index (χ4n) is 1.23. The van der Waals surface area contributed by atoms with Gasteiger partial charge in [0, 0.05) is 11.8 Å². The Labute approximate surface area is 94.1 Å². The van der Waals surface area contributed by atoms with E-state index in [1.54, 1.807) is 6.20 Å². The van der Waals surface area contributed by atoms with Crippen LogP contribution in [0, 0.1) is 11.3 Å². The molecule has 1 aromatic heterocycles. The summed E-state index contributed by atoms with van der Waals surface area (Å²) in [6, 6.07) is 2.55. The van der Waals surface area contributed by atoms with E-state index in [1.165, 1.54) is 18.0 Å². The number of hydrogen-bond donors (Lipinski definition) is 1. The Hall–Kier alpha value is -0.990. The molecular formula is C10H15N3OS. The Kier molecular flexibility index (Phi) is 4.18. The number of hydrogen-bond acceptors (Lipinski definition) is 5. The number of nitrogens with one attached hydrogen (secondary N) is 1. The van der Waals surface area contributed by atoms with Crippen LogP contribution in [0.2, 0.25) is 0 Å². The molecular weight excluding hydrogens is 210 g/mol. The molecule has 82 valence electrons. The number of thioether (sulfide) groups is 1. The Morgan fingerprint density at radius 3 is 2.93 bits per heavy atom. The second-order valence-electron chi connectivity index (χ2n) is 3.83. The molecule has 0 amide bonds. The molecule has 5 heteroatoms. The first kappa shape index (κ1) is 12.1. The zero-order chi connectivity index (χ0) is 11.3. The van der Waals surface area contributed by atoms with Crippen molar-refractivity contribution in [2.45, 2.75) is 37.6 Å². The lowest BCUT2D eigenvalue weighted by Gasteiger charge is -2.24. The molecule has 0 fully saturated rings. The molecule has 1 heterocycles. The van der Waals surface area contributed by atoms with Gasteiger partial charge in [0.1, 0.15) is 11.8 Å². The smallest absolute Gasteiger partial charge is 0.255 e. The molecule has 0 spiro atoms. The third kappa shape index (κ3) is 3.94. The Morgan fingerprint density at radius 1 is 1.73 bits per heavy atom. The monoisotopic (exact) mass is 225 g/mol. The van der Waals surface area contributed by atoms with Crippen LogP contribution in [0.4, 0.5) is 0 Å². The maximum absolute atomic E-state index is 9.09. The SMILES string of the molecule is CC(C)NC(C)(C#N)CSc1ncco1. The van der Waals surface area contributed by atoms with Crippen LogP contribution in [0.1, 0.15) is 20.8 Å². The second-order valence-corrected chi connectivity index (χ2v) is 4.76. The highest BCUT2D eigenvalue weighted by Crippen LogP contribution is 2.20. The van der Waals surface area contributed by atoms with Crippen LogP contribution < -0.4 is 5.32 Å². The molecule has 0 aliphatic heterocycles. The van der Waals surface area contributed by atoms with Crippen molar-refractivity contribution in [1.82, 2.24) is 10.3 Å². The fraction of sp³-hybridized carbons (Fsp3) is 0.600. The summed E-state index contributed by atoms with van der Waals surface area (Å²) in [6.45, 7) is 5.92. The molecule has 1 aromatic rings. The highest BCUT2D eigenvalue weighted by molar-refractivity contribution is 7.99. The van der Waals surface area contributed by atoms with E-state index >= 15 is 0 Å². The molecule has 4 nitrogen and oxygen atoms in total. The van der Waals surface area contributed by atoms with Gasteiger partial charge in [-0.25, -0.2) is 4.98 Å². The van der Waals surface area contributed by atoms with E-state index in [-0.39, 0.29) is 6.04 Å². The molecule has 0 aromatic carbocycles. The summed E-state index contributed by atoms with van der Waals surface area (Å²) in [5.74, 6) is 0.613. The predicted molar refractivity (Wildman–Crippen MR) is 59.5 cm³/mol. The summed E-state index contributed by atoms with van der Waals surface area (Å²) in [6.07, 6.45) is 3.13. The molecule has 1 rings (SSSR count). The Balaban J connectivity index is 2.50. The molecule has 1 N–H and O–H groups in total. The van der Waals surface area contributed by atoms with Gasteiger partial charge in [0.25, 0.3) is 5.22 Å². The molecule has 0 radical (unpaired) electrons. The van der Waals surface area contributed by atoms with Crippen LogP contribution in [0.3, 0.4) is 0 Å². The number of nitriles is 1. The van der Waals surface area contributed by atoms with Crippen LogP contribution in [-0.2, 0) is 0 Å². The van der Waals surface area contributed by atoms with Crippen molar-refractivity contribution in [3.63, 3.8) is 0 Å². The summed E-state index contributed by atoms with van der Waals surface area (Å²) < 4.78 is 5.09. The van der Waals surface area contributed by atoms with E-state index in [4.69, 9.17) is 9.68 Å². The van der Waals surface area contributed by atoms with Crippen LogP contribution in [-0.4, -0.2) is 22.3 Å². The Morgan fingerprint density at radius 2 is 2.47 bits per heavy atom. The van der Waals surface area contributed by atoms with Gasteiger partial charge >= 0.3 is 0 Å². The molecule has 1 unspecified atom stereocenters. The van der Waals surface area contributed by atoms with Gasteiger partial charge in [-0.2, -0.15) is 5.26 Å². The largest absolute Gasteiger partial charge is 0.440 e.